The van der Waals surface area contributed by atoms with Crippen molar-refractivity contribution in [2.75, 3.05) is 19.0 Å². The molecule has 1 aromatic carbocycles. The molecule has 0 unspecified atom stereocenters. The van der Waals surface area contributed by atoms with Crippen LogP contribution in [0.25, 0.3) is 0 Å². The van der Waals surface area contributed by atoms with Crippen molar-refractivity contribution in [2.24, 2.45) is 0 Å². The molecule has 4 amide bonds. The molecule has 166 valence electrons. The van der Waals surface area contributed by atoms with Gasteiger partial charge < -0.3 is 15.4 Å². The Morgan fingerprint density at radius 1 is 1.19 bits per heavy atom. The van der Waals surface area contributed by atoms with Gasteiger partial charge in [-0.15, -0.1) is 11.3 Å². The van der Waals surface area contributed by atoms with Crippen molar-refractivity contribution in [1.82, 2.24) is 10.2 Å². The number of carbonyl (C=O) groups is 4. The number of carbonyl (C=O) groups excluding carboxylic acids is 4. The largest absolute Gasteiger partial charge is 0.465 e. The molecule has 2 aromatic rings. The molecule has 2 heterocycles. The number of nitrogens with one attached hydrogen (secondary N) is 2. The Morgan fingerprint density at radius 3 is 2.81 bits per heavy atom. The third-order valence-electron chi connectivity index (χ3n) is 6.52. The molecule has 1 fully saturated rings. The molecule has 2 aliphatic carbocycles. The van der Waals surface area contributed by atoms with Gasteiger partial charge in [-0.05, 0) is 55.2 Å². The molecule has 3 aliphatic rings. The van der Waals surface area contributed by atoms with Crippen LogP contribution in [0.3, 0.4) is 0 Å². The Morgan fingerprint density at radius 2 is 2.00 bits per heavy atom. The van der Waals surface area contributed by atoms with Gasteiger partial charge in [-0.2, -0.15) is 0 Å². The summed E-state index contributed by atoms with van der Waals surface area (Å²) >= 11 is 1.36. The number of hydrogen-bond acceptors (Lipinski definition) is 6. The van der Waals surface area contributed by atoms with E-state index in [0.717, 1.165) is 58.6 Å². The molecule has 1 atom stereocenters. The highest BCUT2D eigenvalue weighted by atomic mass is 32.1. The van der Waals surface area contributed by atoms with E-state index in [1.165, 1.54) is 18.4 Å². The molecule has 8 nitrogen and oxygen atoms in total. The maximum Gasteiger partial charge on any atom is 0.341 e. The van der Waals surface area contributed by atoms with Gasteiger partial charge in [-0.3, -0.25) is 14.5 Å². The number of aryl methyl sites for hydroxylation is 2. The van der Waals surface area contributed by atoms with Crippen molar-refractivity contribution in [2.45, 2.75) is 44.1 Å². The fourth-order valence-electron chi connectivity index (χ4n) is 5.08. The lowest BCUT2D eigenvalue weighted by Gasteiger charge is -2.33. The second-order valence-corrected chi connectivity index (χ2v) is 9.44. The second-order valence-electron chi connectivity index (χ2n) is 8.34. The van der Waals surface area contributed by atoms with Gasteiger partial charge >= 0.3 is 12.0 Å². The van der Waals surface area contributed by atoms with Gasteiger partial charge in [0.2, 0.25) is 5.91 Å². The van der Waals surface area contributed by atoms with E-state index in [4.69, 9.17) is 4.74 Å². The minimum Gasteiger partial charge on any atom is -0.465 e. The molecular weight excluding hydrogens is 430 g/mol. The molecule has 1 aromatic heterocycles. The first-order chi connectivity index (χ1) is 15.4. The summed E-state index contributed by atoms with van der Waals surface area (Å²) in [6, 6.07) is 7.03. The van der Waals surface area contributed by atoms with Gasteiger partial charge in [0.25, 0.3) is 5.91 Å². The Kier molecular flexibility index (Phi) is 5.00. The number of methoxy groups -OCH3 is 1. The van der Waals surface area contributed by atoms with Crippen LogP contribution in [-0.2, 0) is 39.1 Å². The highest BCUT2D eigenvalue weighted by Crippen LogP contribution is 2.41. The smallest absolute Gasteiger partial charge is 0.341 e. The number of ether oxygens (including phenoxy) is 1. The minimum atomic E-state index is -1.12. The van der Waals surface area contributed by atoms with Gasteiger partial charge in [0, 0.05) is 4.88 Å². The minimum absolute atomic E-state index is 0.383. The number of esters is 1. The zero-order valence-electron chi connectivity index (χ0n) is 17.7. The lowest BCUT2D eigenvalue weighted by molar-refractivity contribution is -0.134. The number of urea groups is 1. The summed E-state index contributed by atoms with van der Waals surface area (Å²) < 4.78 is 4.91. The number of fused-ring (bicyclic) bond motifs is 3. The normalized spacial score (nSPS) is 21.3. The van der Waals surface area contributed by atoms with Crippen molar-refractivity contribution < 1.29 is 23.9 Å². The summed E-state index contributed by atoms with van der Waals surface area (Å²) in [7, 11) is 1.31. The van der Waals surface area contributed by atoms with E-state index in [1.807, 2.05) is 24.3 Å². The first-order valence-corrected chi connectivity index (χ1v) is 11.5. The average molecular weight is 454 g/mol. The maximum atomic E-state index is 13.4. The third kappa shape index (κ3) is 3.10. The van der Waals surface area contributed by atoms with Crippen LogP contribution < -0.4 is 10.6 Å². The molecule has 1 saturated heterocycles. The molecule has 1 spiro atoms. The molecule has 5 rings (SSSR count). The van der Waals surface area contributed by atoms with Crippen LogP contribution in [-0.4, -0.2) is 42.4 Å². The standard InChI is InChI=1S/C23H23N3O5S/c1-31-20(28)18-14-8-4-10-16(14)32-19(18)24-17(27)12-26-21(29)23(25-22(26)30)11-5-7-13-6-2-3-9-15(13)23/h2-3,6,9H,4-5,7-8,10-12H2,1H3,(H,24,27)(H,25,30)/t23-/m1/s1. The third-order valence-corrected chi connectivity index (χ3v) is 7.72. The Bertz CT molecular complexity index is 1160. The van der Waals surface area contributed by atoms with Crippen LogP contribution in [0.4, 0.5) is 9.80 Å². The van der Waals surface area contributed by atoms with Crippen LogP contribution in [0.15, 0.2) is 24.3 Å². The Hall–Kier alpha value is -3.20. The molecule has 2 N–H and O–H groups in total. The van der Waals surface area contributed by atoms with E-state index in [-0.39, 0.29) is 0 Å². The van der Waals surface area contributed by atoms with Gasteiger partial charge in [-0.25, -0.2) is 9.59 Å². The molecule has 32 heavy (non-hydrogen) atoms. The fraction of sp³-hybridized carbons (Fsp3) is 0.391. The summed E-state index contributed by atoms with van der Waals surface area (Å²) in [4.78, 5) is 53.3. The van der Waals surface area contributed by atoms with Crippen LogP contribution in [0, 0.1) is 0 Å². The van der Waals surface area contributed by atoms with Crippen LogP contribution in [0.2, 0.25) is 0 Å². The summed E-state index contributed by atoms with van der Waals surface area (Å²) in [5, 5.41) is 6.00. The molecule has 1 aliphatic heterocycles. The number of nitrogens with zero attached hydrogens (tertiary/aromatic N) is 1. The zero-order valence-corrected chi connectivity index (χ0v) is 18.5. The van der Waals surface area contributed by atoms with Gasteiger partial charge in [-0.1, -0.05) is 24.3 Å². The van der Waals surface area contributed by atoms with Crippen molar-refractivity contribution in [3.8, 4) is 0 Å². The van der Waals surface area contributed by atoms with Crippen molar-refractivity contribution in [1.29, 1.82) is 0 Å². The predicted molar refractivity (Wildman–Crippen MR) is 118 cm³/mol. The van der Waals surface area contributed by atoms with E-state index in [9.17, 15) is 19.2 Å². The molecular formula is C23H23N3O5S. The molecule has 0 bridgehead atoms. The first-order valence-electron chi connectivity index (χ1n) is 10.7. The van der Waals surface area contributed by atoms with E-state index >= 15 is 0 Å². The van der Waals surface area contributed by atoms with Crippen molar-refractivity contribution in [3.63, 3.8) is 0 Å². The number of thiophene rings is 1. The van der Waals surface area contributed by atoms with Gasteiger partial charge in [0.15, 0.2) is 0 Å². The lowest BCUT2D eigenvalue weighted by atomic mass is 9.76. The number of benzene rings is 1. The monoisotopic (exact) mass is 453 g/mol. The SMILES string of the molecule is COC(=O)c1c(NC(=O)CN2C(=O)N[C@@]3(CCCc4ccccc43)C2=O)sc2c1CCC2. The Balaban J connectivity index is 1.37. The summed E-state index contributed by atoms with van der Waals surface area (Å²) in [6.07, 6.45) is 4.70. The number of imide groups is 1. The quantitative estimate of drug-likeness (QED) is 0.547. The van der Waals surface area contributed by atoms with Gasteiger partial charge in [0.05, 0.1) is 12.7 Å². The Labute approximate surface area is 188 Å². The van der Waals surface area contributed by atoms with Gasteiger partial charge in [0.1, 0.15) is 17.1 Å². The van der Waals surface area contributed by atoms with E-state index < -0.39 is 35.9 Å². The first kappa shape index (κ1) is 20.7. The molecule has 0 saturated carbocycles. The summed E-state index contributed by atoms with van der Waals surface area (Å²) in [6.45, 7) is -0.419. The number of anilines is 1. The average Bonchev–Trinajstić information content (AvgIpc) is 3.43. The number of amides is 4. The van der Waals surface area contributed by atoms with E-state index in [2.05, 4.69) is 10.6 Å². The highest BCUT2D eigenvalue weighted by molar-refractivity contribution is 7.17. The maximum absolute atomic E-state index is 13.4. The topological polar surface area (TPSA) is 105 Å². The van der Waals surface area contributed by atoms with Crippen molar-refractivity contribution in [3.05, 3.63) is 51.4 Å². The van der Waals surface area contributed by atoms with Crippen LogP contribution in [0.1, 0.15) is 51.2 Å². The molecule has 9 heteroatoms. The van der Waals surface area contributed by atoms with Crippen LogP contribution in [0.5, 0.6) is 0 Å². The van der Waals surface area contributed by atoms with E-state index in [1.54, 1.807) is 0 Å². The number of rotatable bonds is 4. The summed E-state index contributed by atoms with van der Waals surface area (Å²) in [5.41, 5.74) is 2.02. The van der Waals surface area contributed by atoms with E-state index in [0.29, 0.717) is 17.0 Å². The van der Waals surface area contributed by atoms with Crippen molar-refractivity contribution >= 4 is 40.2 Å². The summed E-state index contributed by atoms with van der Waals surface area (Å²) in [5.74, 6) is -1.43. The fourth-order valence-corrected chi connectivity index (χ4v) is 6.37. The molecule has 0 radical (unpaired) electrons. The number of hydrogen-bond donors (Lipinski definition) is 2. The lowest BCUT2D eigenvalue weighted by Crippen LogP contribution is -2.47. The highest BCUT2D eigenvalue weighted by Gasteiger charge is 2.54. The second kappa shape index (κ2) is 7.74. The zero-order chi connectivity index (χ0) is 22.5. The van der Waals surface area contributed by atoms with Crippen LogP contribution >= 0.6 is 11.3 Å². The predicted octanol–water partition coefficient (Wildman–Crippen LogP) is 2.75.